The van der Waals surface area contributed by atoms with E-state index in [9.17, 15) is 4.79 Å². The Morgan fingerprint density at radius 3 is 2.52 bits per heavy atom. The van der Waals surface area contributed by atoms with Crippen molar-refractivity contribution in [1.82, 2.24) is 4.90 Å². The van der Waals surface area contributed by atoms with Crippen molar-refractivity contribution in [2.45, 2.75) is 38.3 Å². The van der Waals surface area contributed by atoms with Crippen LogP contribution in [0.3, 0.4) is 0 Å². The van der Waals surface area contributed by atoms with Gasteiger partial charge in [-0.15, -0.1) is 0 Å². The van der Waals surface area contributed by atoms with E-state index in [4.69, 9.17) is 21.4 Å². The molecular weight excluding hydrogens is 290 g/mol. The normalized spacial score (nSPS) is 18.6. The second-order valence-corrected chi connectivity index (χ2v) is 5.85. The summed E-state index contributed by atoms with van der Waals surface area (Å²) in [5, 5.41) is 9.41. The number of ether oxygens (including phenoxy) is 1. The van der Waals surface area contributed by atoms with Gasteiger partial charge in [-0.1, -0.05) is 30.7 Å². The first kappa shape index (κ1) is 16.3. The van der Waals surface area contributed by atoms with Gasteiger partial charge in [-0.2, -0.15) is 0 Å². The van der Waals surface area contributed by atoms with Crippen LogP contribution < -0.4 is 0 Å². The highest BCUT2D eigenvalue weighted by Gasteiger charge is 2.25. The summed E-state index contributed by atoms with van der Waals surface area (Å²) in [4.78, 5) is 13.0. The minimum absolute atomic E-state index is 0.0695. The molecule has 1 N–H and O–H groups in total. The fraction of sp³-hybridized carbons (Fsp3) is 0.562. The van der Waals surface area contributed by atoms with E-state index in [1.54, 1.807) is 0 Å². The van der Waals surface area contributed by atoms with Crippen molar-refractivity contribution in [1.29, 1.82) is 0 Å². The van der Waals surface area contributed by atoms with Crippen LogP contribution in [0.4, 0.5) is 0 Å². The number of rotatable bonds is 6. The minimum Gasteiger partial charge on any atom is -0.480 e. The molecule has 0 spiro atoms. The molecule has 1 aliphatic rings. The van der Waals surface area contributed by atoms with Crippen LogP contribution in [-0.2, 0) is 9.53 Å². The van der Waals surface area contributed by atoms with Gasteiger partial charge in [0.05, 0.1) is 6.10 Å². The van der Waals surface area contributed by atoms with Crippen molar-refractivity contribution < 1.29 is 14.6 Å². The maximum absolute atomic E-state index is 10.5. The Balaban J connectivity index is 1.90. The highest BCUT2D eigenvalue weighted by atomic mass is 35.5. The Bertz CT molecular complexity index is 455. The fourth-order valence-electron chi connectivity index (χ4n) is 2.93. The Morgan fingerprint density at radius 2 is 2.00 bits per heavy atom. The number of carboxylic acid groups (broad SMARTS) is 1. The summed E-state index contributed by atoms with van der Waals surface area (Å²) >= 11 is 5.95. The molecule has 1 aliphatic heterocycles. The molecule has 1 aromatic carbocycles. The lowest BCUT2D eigenvalue weighted by Gasteiger charge is -2.37. The number of nitrogens with zero attached hydrogens (tertiary/aromatic N) is 1. The number of halogens is 1. The third-order valence-electron chi connectivity index (χ3n) is 4.00. The Hall–Kier alpha value is -1.10. The van der Waals surface area contributed by atoms with Crippen LogP contribution in [0, 0.1) is 0 Å². The molecule has 5 heteroatoms. The highest BCUT2D eigenvalue weighted by Crippen LogP contribution is 2.28. The third-order valence-corrected chi connectivity index (χ3v) is 4.25. The number of likely N-dealkylation sites (tertiary alicyclic amines) is 1. The average molecular weight is 312 g/mol. The van der Waals surface area contributed by atoms with Crippen molar-refractivity contribution in [3.63, 3.8) is 0 Å². The van der Waals surface area contributed by atoms with E-state index in [-0.39, 0.29) is 12.7 Å². The predicted molar refractivity (Wildman–Crippen MR) is 82.7 cm³/mol. The topological polar surface area (TPSA) is 49.8 Å². The molecule has 0 amide bonds. The van der Waals surface area contributed by atoms with Crippen molar-refractivity contribution in [2.75, 3.05) is 19.7 Å². The van der Waals surface area contributed by atoms with Gasteiger partial charge in [-0.3, -0.25) is 4.90 Å². The third kappa shape index (κ3) is 4.70. The van der Waals surface area contributed by atoms with Crippen LogP contribution in [0.25, 0.3) is 0 Å². The molecule has 0 aliphatic carbocycles. The lowest BCUT2D eigenvalue weighted by Crippen LogP contribution is -2.39. The number of hydrogen-bond donors (Lipinski definition) is 1. The van der Waals surface area contributed by atoms with Gasteiger partial charge in [0, 0.05) is 24.2 Å². The van der Waals surface area contributed by atoms with E-state index in [1.807, 2.05) is 12.1 Å². The van der Waals surface area contributed by atoms with Crippen molar-refractivity contribution >= 4 is 17.6 Å². The van der Waals surface area contributed by atoms with Gasteiger partial charge in [0.2, 0.25) is 0 Å². The van der Waals surface area contributed by atoms with Crippen molar-refractivity contribution in [3.05, 3.63) is 34.9 Å². The largest absolute Gasteiger partial charge is 0.480 e. The van der Waals surface area contributed by atoms with Crippen molar-refractivity contribution in [3.8, 4) is 0 Å². The smallest absolute Gasteiger partial charge is 0.329 e. The molecule has 0 aromatic heterocycles. The van der Waals surface area contributed by atoms with Crippen LogP contribution >= 0.6 is 11.6 Å². The van der Waals surface area contributed by atoms with E-state index >= 15 is 0 Å². The first-order valence-electron chi connectivity index (χ1n) is 7.43. The number of carbonyl (C=O) groups is 1. The summed E-state index contributed by atoms with van der Waals surface area (Å²) in [5.74, 6) is -0.898. The molecule has 1 atom stereocenters. The summed E-state index contributed by atoms with van der Waals surface area (Å²) in [6.07, 6.45) is 2.89. The van der Waals surface area contributed by atoms with Gasteiger partial charge < -0.3 is 9.84 Å². The molecule has 116 valence electrons. The van der Waals surface area contributed by atoms with E-state index in [1.165, 1.54) is 5.56 Å². The van der Waals surface area contributed by atoms with Crippen LogP contribution in [0.2, 0.25) is 5.02 Å². The van der Waals surface area contributed by atoms with Gasteiger partial charge >= 0.3 is 5.97 Å². The molecule has 0 saturated carbocycles. The summed E-state index contributed by atoms with van der Waals surface area (Å²) in [7, 11) is 0. The quantitative estimate of drug-likeness (QED) is 0.875. The molecule has 1 saturated heterocycles. The van der Waals surface area contributed by atoms with Crippen molar-refractivity contribution in [2.24, 2.45) is 0 Å². The Kier molecular flexibility index (Phi) is 6.03. The first-order valence-corrected chi connectivity index (χ1v) is 7.81. The number of benzene rings is 1. The number of hydrogen-bond acceptors (Lipinski definition) is 3. The molecular formula is C16H22ClNO3. The maximum Gasteiger partial charge on any atom is 0.329 e. The molecule has 21 heavy (non-hydrogen) atoms. The molecule has 1 heterocycles. The zero-order valence-corrected chi connectivity index (χ0v) is 13.1. The molecule has 1 unspecified atom stereocenters. The zero-order valence-electron chi connectivity index (χ0n) is 12.3. The molecule has 0 bridgehead atoms. The van der Waals surface area contributed by atoms with Crippen LogP contribution in [-0.4, -0.2) is 41.8 Å². The summed E-state index contributed by atoms with van der Waals surface area (Å²) in [5.41, 5.74) is 1.28. The second kappa shape index (κ2) is 7.78. The van der Waals surface area contributed by atoms with Crippen LogP contribution in [0.15, 0.2) is 24.3 Å². The molecule has 1 aromatic rings. The van der Waals surface area contributed by atoms with Gasteiger partial charge in [-0.05, 0) is 37.0 Å². The molecule has 1 fully saturated rings. The average Bonchev–Trinajstić information content (AvgIpc) is 2.49. The summed E-state index contributed by atoms with van der Waals surface area (Å²) in [6.45, 7) is 3.86. The predicted octanol–water partition coefficient (Wildman–Crippen LogP) is 3.36. The molecule has 0 radical (unpaired) electrons. The lowest BCUT2D eigenvalue weighted by molar-refractivity contribution is -0.145. The lowest BCUT2D eigenvalue weighted by atomic mass is 9.98. The van der Waals surface area contributed by atoms with Crippen LogP contribution in [0.5, 0.6) is 0 Å². The maximum atomic E-state index is 10.5. The second-order valence-electron chi connectivity index (χ2n) is 5.42. The van der Waals surface area contributed by atoms with E-state index < -0.39 is 5.97 Å². The van der Waals surface area contributed by atoms with E-state index in [2.05, 4.69) is 24.0 Å². The zero-order chi connectivity index (χ0) is 15.2. The SMILES string of the molecule is CCC(c1ccc(Cl)cc1)N1CCC(OCC(=O)O)CC1. The Labute approximate surface area is 130 Å². The fourth-order valence-corrected chi connectivity index (χ4v) is 3.06. The van der Waals surface area contributed by atoms with E-state index in [0.717, 1.165) is 37.4 Å². The molecule has 4 nitrogen and oxygen atoms in total. The van der Waals surface area contributed by atoms with Gasteiger partial charge in [0.15, 0.2) is 0 Å². The van der Waals surface area contributed by atoms with Gasteiger partial charge in [0.25, 0.3) is 0 Å². The van der Waals surface area contributed by atoms with Gasteiger partial charge in [-0.25, -0.2) is 4.79 Å². The Morgan fingerprint density at radius 1 is 1.38 bits per heavy atom. The first-order chi connectivity index (χ1) is 10.1. The molecule has 2 rings (SSSR count). The number of piperidine rings is 1. The summed E-state index contributed by atoms with van der Waals surface area (Å²) in [6, 6.07) is 8.43. The van der Waals surface area contributed by atoms with Gasteiger partial charge in [0.1, 0.15) is 6.61 Å². The minimum atomic E-state index is -0.898. The number of aliphatic carboxylic acids is 1. The standard InChI is InChI=1S/C16H22ClNO3/c1-2-15(12-3-5-13(17)6-4-12)18-9-7-14(8-10-18)21-11-16(19)20/h3-6,14-15H,2,7-11H2,1H3,(H,19,20). The number of carboxylic acids is 1. The van der Waals surface area contributed by atoms with E-state index in [0.29, 0.717) is 6.04 Å². The summed E-state index contributed by atoms with van der Waals surface area (Å²) < 4.78 is 5.38. The monoisotopic (exact) mass is 311 g/mol. The highest BCUT2D eigenvalue weighted by molar-refractivity contribution is 6.30. The van der Waals surface area contributed by atoms with Crippen LogP contribution in [0.1, 0.15) is 37.8 Å².